The van der Waals surface area contributed by atoms with Gasteiger partial charge in [0, 0.05) is 30.2 Å². The van der Waals surface area contributed by atoms with E-state index in [1.165, 1.54) is 18.2 Å². The smallest absolute Gasteiger partial charge is 0.269 e. The van der Waals surface area contributed by atoms with Crippen LogP contribution in [0.25, 0.3) is 0 Å². The fourth-order valence-electron chi connectivity index (χ4n) is 2.00. The van der Waals surface area contributed by atoms with Crippen molar-refractivity contribution in [2.45, 2.75) is 31.4 Å². The van der Waals surface area contributed by atoms with Gasteiger partial charge in [0.15, 0.2) is 0 Å². The molecule has 1 saturated carbocycles. The molecule has 0 aromatic heterocycles. The lowest BCUT2D eigenvalue weighted by molar-refractivity contribution is -0.384. The highest BCUT2D eigenvalue weighted by Gasteiger charge is 2.33. The third kappa shape index (κ3) is 2.98. The van der Waals surface area contributed by atoms with E-state index in [4.69, 9.17) is 11.6 Å². The minimum atomic E-state index is -0.604. The molecule has 0 saturated heterocycles. The molecule has 2 rings (SSSR count). The molecular weight excluding hydrogens is 256 g/mol. The lowest BCUT2D eigenvalue weighted by Crippen LogP contribution is -2.46. The standard InChI is InChI=1S/C12H15ClN2O3/c13-11-3-2-10(15(17)18)6-9(11)7-14-8-12(16)4-1-5-12/h2-3,6,14,16H,1,4-5,7-8H2. The topological polar surface area (TPSA) is 75.4 Å². The van der Waals surface area contributed by atoms with Gasteiger partial charge < -0.3 is 10.4 Å². The van der Waals surface area contributed by atoms with Crippen molar-refractivity contribution in [3.05, 3.63) is 38.9 Å². The molecule has 0 aliphatic heterocycles. The van der Waals surface area contributed by atoms with Crippen molar-refractivity contribution in [3.63, 3.8) is 0 Å². The third-order valence-electron chi connectivity index (χ3n) is 3.29. The highest BCUT2D eigenvalue weighted by atomic mass is 35.5. The fraction of sp³-hybridized carbons (Fsp3) is 0.500. The number of rotatable bonds is 5. The van der Waals surface area contributed by atoms with Crippen molar-refractivity contribution in [3.8, 4) is 0 Å². The molecule has 0 heterocycles. The zero-order valence-electron chi connectivity index (χ0n) is 9.86. The summed E-state index contributed by atoms with van der Waals surface area (Å²) in [6.07, 6.45) is 2.67. The van der Waals surface area contributed by atoms with Crippen LogP contribution in [-0.4, -0.2) is 22.2 Å². The molecule has 1 aromatic rings. The Morgan fingerprint density at radius 3 is 2.78 bits per heavy atom. The number of halogens is 1. The second kappa shape index (κ2) is 5.22. The first kappa shape index (κ1) is 13.3. The maximum Gasteiger partial charge on any atom is 0.269 e. The van der Waals surface area contributed by atoms with Gasteiger partial charge in [0.2, 0.25) is 0 Å². The van der Waals surface area contributed by atoms with Gasteiger partial charge in [-0.05, 0) is 30.9 Å². The number of hydrogen-bond donors (Lipinski definition) is 2. The van der Waals surface area contributed by atoms with Crippen molar-refractivity contribution in [1.29, 1.82) is 0 Å². The molecular formula is C12H15ClN2O3. The number of hydrogen-bond acceptors (Lipinski definition) is 4. The van der Waals surface area contributed by atoms with Crippen molar-refractivity contribution in [2.24, 2.45) is 0 Å². The Kier molecular flexibility index (Phi) is 3.85. The minimum absolute atomic E-state index is 0.0264. The van der Waals surface area contributed by atoms with Crippen LogP contribution in [0.4, 0.5) is 5.69 Å². The maximum atomic E-state index is 10.7. The lowest BCUT2D eigenvalue weighted by atomic mass is 9.80. The van der Waals surface area contributed by atoms with E-state index in [-0.39, 0.29) is 5.69 Å². The fourth-order valence-corrected chi connectivity index (χ4v) is 2.19. The van der Waals surface area contributed by atoms with Gasteiger partial charge in [-0.3, -0.25) is 10.1 Å². The van der Waals surface area contributed by atoms with Crippen LogP contribution in [0.3, 0.4) is 0 Å². The summed E-state index contributed by atoms with van der Waals surface area (Å²) in [7, 11) is 0. The molecule has 0 atom stereocenters. The number of nitro benzene ring substituents is 1. The number of benzene rings is 1. The summed E-state index contributed by atoms with van der Waals surface area (Å²) in [5.74, 6) is 0. The van der Waals surface area contributed by atoms with Crippen molar-refractivity contribution >= 4 is 17.3 Å². The Labute approximate surface area is 110 Å². The SMILES string of the molecule is O=[N+]([O-])c1ccc(Cl)c(CNCC2(O)CCC2)c1. The minimum Gasteiger partial charge on any atom is -0.389 e. The summed E-state index contributed by atoms with van der Waals surface area (Å²) in [4.78, 5) is 10.2. The van der Waals surface area contributed by atoms with Crippen LogP contribution < -0.4 is 5.32 Å². The van der Waals surface area contributed by atoms with Gasteiger partial charge in [-0.25, -0.2) is 0 Å². The van der Waals surface area contributed by atoms with E-state index in [1.807, 2.05) is 0 Å². The summed E-state index contributed by atoms with van der Waals surface area (Å²) < 4.78 is 0. The first-order valence-corrected chi connectivity index (χ1v) is 6.24. The summed E-state index contributed by atoms with van der Waals surface area (Å²) in [5.41, 5.74) is 0.0973. The average molecular weight is 271 g/mol. The van der Waals surface area contributed by atoms with E-state index in [0.717, 1.165) is 19.3 Å². The van der Waals surface area contributed by atoms with Gasteiger partial charge in [-0.1, -0.05) is 11.6 Å². The Balaban J connectivity index is 1.95. The van der Waals surface area contributed by atoms with Crippen LogP contribution in [0, 0.1) is 10.1 Å². The Morgan fingerprint density at radius 1 is 1.50 bits per heavy atom. The first-order chi connectivity index (χ1) is 8.50. The second-order valence-corrected chi connectivity index (χ2v) is 5.12. The van der Waals surface area contributed by atoms with Crippen LogP contribution in [0.15, 0.2) is 18.2 Å². The monoisotopic (exact) mass is 270 g/mol. The van der Waals surface area contributed by atoms with E-state index in [0.29, 0.717) is 23.7 Å². The number of nitrogens with zero attached hydrogens (tertiary/aromatic N) is 1. The molecule has 1 aromatic carbocycles. The molecule has 5 nitrogen and oxygen atoms in total. The zero-order chi connectivity index (χ0) is 13.2. The molecule has 6 heteroatoms. The zero-order valence-corrected chi connectivity index (χ0v) is 10.6. The molecule has 1 aliphatic rings. The third-order valence-corrected chi connectivity index (χ3v) is 3.66. The first-order valence-electron chi connectivity index (χ1n) is 5.86. The van der Waals surface area contributed by atoms with Crippen molar-refractivity contribution in [2.75, 3.05) is 6.54 Å². The van der Waals surface area contributed by atoms with Gasteiger partial charge in [0.05, 0.1) is 10.5 Å². The van der Waals surface area contributed by atoms with E-state index in [1.54, 1.807) is 0 Å². The van der Waals surface area contributed by atoms with Gasteiger partial charge in [0.1, 0.15) is 0 Å². The summed E-state index contributed by atoms with van der Waals surface area (Å²) in [6, 6.07) is 4.36. The van der Waals surface area contributed by atoms with Crippen LogP contribution in [-0.2, 0) is 6.54 Å². The van der Waals surface area contributed by atoms with Crippen LogP contribution >= 0.6 is 11.6 Å². The number of aliphatic hydroxyl groups is 1. The quantitative estimate of drug-likeness (QED) is 0.636. The Hall–Kier alpha value is -1.17. The van der Waals surface area contributed by atoms with E-state index >= 15 is 0 Å². The molecule has 0 unspecified atom stereocenters. The molecule has 18 heavy (non-hydrogen) atoms. The molecule has 0 spiro atoms. The summed E-state index contributed by atoms with van der Waals surface area (Å²) >= 11 is 5.97. The predicted molar refractivity (Wildman–Crippen MR) is 68.6 cm³/mol. The molecule has 98 valence electrons. The second-order valence-electron chi connectivity index (χ2n) is 4.71. The number of non-ortho nitro benzene ring substituents is 1. The van der Waals surface area contributed by atoms with E-state index in [9.17, 15) is 15.2 Å². The Bertz CT molecular complexity index is 461. The highest BCUT2D eigenvalue weighted by Crippen LogP contribution is 2.30. The average Bonchev–Trinajstić information content (AvgIpc) is 2.29. The van der Waals surface area contributed by atoms with Crippen molar-refractivity contribution in [1.82, 2.24) is 5.32 Å². The molecule has 1 fully saturated rings. The van der Waals surface area contributed by atoms with Crippen LogP contribution in [0.5, 0.6) is 0 Å². The largest absolute Gasteiger partial charge is 0.389 e. The van der Waals surface area contributed by atoms with E-state index in [2.05, 4.69) is 5.32 Å². The van der Waals surface area contributed by atoms with E-state index < -0.39 is 10.5 Å². The highest BCUT2D eigenvalue weighted by molar-refractivity contribution is 6.31. The lowest BCUT2D eigenvalue weighted by Gasteiger charge is -2.36. The van der Waals surface area contributed by atoms with Crippen molar-refractivity contribution < 1.29 is 10.0 Å². The molecule has 0 radical (unpaired) electrons. The predicted octanol–water partition coefficient (Wildman–Crippen LogP) is 2.25. The summed E-state index contributed by atoms with van der Waals surface area (Å²) in [5, 5.41) is 24.1. The molecule has 0 bridgehead atoms. The molecule has 1 aliphatic carbocycles. The van der Waals surface area contributed by atoms with Gasteiger partial charge >= 0.3 is 0 Å². The molecule has 0 amide bonds. The number of nitrogens with one attached hydrogen (secondary N) is 1. The van der Waals surface area contributed by atoms with Gasteiger partial charge in [-0.2, -0.15) is 0 Å². The van der Waals surface area contributed by atoms with Crippen LogP contribution in [0.2, 0.25) is 5.02 Å². The number of nitro groups is 1. The van der Waals surface area contributed by atoms with Gasteiger partial charge in [0.25, 0.3) is 5.69 Å². The van der Waals surface area contributed by atoms with Crippen LogP contribution in [0.1, 0.15) is 24.8 Å². The maximum absolute atomic E-state index is 10.7. The molecule has 2 N–H and O–H groups in total. The summed E-state index contributed by atoms with van der Waals surface area (Å²) in [6.45, 7) is 0.912. The normalized spacial score (nSPS) is 17.2. The van der Waals surface area contributed by atoms with Gasteiger partial charge in [-0.15, -0.1) is 0 Å². The Morgan fingerprint density at radius 2 is 2.22 bits per heavy atom.